The van der Waals surface area contributed by atoms with Crippen molar-refractivity contribution in [1.82, 2.24) is 44.9 Å². The van der Waals surface area contributed by atoms with Gasteiger partial charge < -0.3 is 29.5 Å². The first-order chi connectivity index (χ1) is 54.2. The zero-order valence-electron chi connectivity index (χ0n) is 64.5. The van der Waals surface area contributed by atoms with Gasteiger partial charge in [-0.05, 0) is 116 Å². The number of aromatic hydroxyl groups is 3. The second-order valence-corrected chi connectivity index (χ2v) is 27.8. The number of benzene rings is 11. The minimum atomic E-state index is 0.0542. The highest BCUT2D eigenvalue weighted by Crippen LogP contribution is 2.38. The molecule has 3 N–H and O–H groups in total. The third kappa shape index (κ3) is 20.7. The summed E-state index contributed by atoms with van der Waals surface area (Å²) in [6.45, 7) is 16.2. The molecule has 560 valence electrons. The second-order valence-electron chi connectivity index (χ2n) is 27.8. The minimum absolute atomic E-state index is 0.0542. The van der Waals surface area contributed by atoms with E-state index in [0.717, 1.165) is 92.4 Å². The van der Waals surface area contributed by atoms with Crippen LogP contribution in [0, 0.1) is 33.6 Å². The maximum atomic E-state index is 11.2. The molecule has 0 radical (unpaired) electrons. The van der Waals surface area contributed by atoms with Crippen LogP contribution in [0.4, 0.5) is 0 Å². The highest BCUT2D eigenvalue weighted by Gasteiger charge is 2.21. The molecule has 111 heavy (non-hydrogen) atoms. The van der Waals surface area contributed by atoms with Gasteiger partial charge in [-0.15, -0.1) is 0 Å². The summed E-state index contributed by atoms with van der Waals surface area (Å²) in [6, 6.07) is 84.7. The van der Waals surface area contributed by atoms with Gasteiger partial charge >= 0.3 is 0 Å². The lowest BCUT2D eigenvalue weighted by Crippen LogP contribution is -2.11. The van der Waals surface area contributed by atoms with Crippen LogP contribution in [-0.2, 0) is 0 Å². The van der Waals surface area contributed by atoms with E-state index in [1.807, 2.05) is 146 Å². The van der Waals surface area contributed by atoms with E-state index in [1.54, 1.807) is 37.4 Å². The first kappa shape index (κ1) is 77.9. The summed E-state index contributed by atoms with van der Waals surface area (Å²) >= 11 is 0. The highest BCUT2D eigenvalue weighted by molar-refractivity contribution is 5.77. The Morgan fingerprint density at radius 2 is 0.595 bits per heavy atom. The first-order valence-corrected chi connectivity index (χ1v) is 38.4. The monoisotopic (exact) mass is 1470 g/mol. The summed E-state index contributed by atoms with van der Waals surface area (Å²) in [7, 11) is 1.55. The number of hydrogen-bond donors (Lipinski definition) is 3. The van der Waals surface area contributed by atoms with E-state index >= 15 is 0 Å². The maximum Gasteiger partial charge on any atom is 0.167 e. The number of phenols is 3. The van der Waals surface area contributed by atoms with Crippen LogP contribution in [0.5, 0.6) is 34.5 Å². The molecule has 0 aliphatic rings. The summed E-state index contributed by atoms with van der Waals surface area (Å²) in [5, 5.41) is 32.6. The van der Waals surface area contributed by atoms with Crippen molar-refractivity contribution in [2.24, 2.45) is 5.92 Å². The van der Waals surface area contributed by atoms with Crippen molar-refractivity contribution in [2.45, 2.75) is 113 Å². The zero-order valence-corrected chi connectivity index (χ0v) is 64.5. The molecule has 0 spiro atoms. The summed E-state index contributed by atoms with van der Waals surface area (Å²) in [4.78, 5) is 42.9. The van der Waals surface area contributed by atoms with Gasteiger partial charge in [0.2, 0.25) is 0 Å². The SMILES string of the molecule is CCCCC(CC)COc1ccc(-c2nc(-c3ccc(-c4ccccc4)cc3)nc(-c3ccc(-c4ccccc4)cc3)n2)c(O)c1.CCCCCCCCOc1ccc(-c2nc(-c3ccc(C)cc3C)nc(-c3ccc(C)cc3C)n2)c(O)c1.COc1ccc(-c2nc(-c3ccccc3)nc(-c3ccccc3)n2)c(O)c1. The summed E-state index contributed by atoms with van der Waals surface area (Å²) < 4.78 is 17.2. The van der Waals surface area contributed by atoms with Gasteiger partial charge in [-0.1, -0.05) is 290 Å². The van der Waals surface area contributed by atoms with Gasteiger partial charge in [0.1, 0.15) is 34.5 Å². The zero-order chi connectivity index (χ0) is 77.4. The molecule has 0 amide bonds. The lowest BCUT2D eigenvalue weighted by molar-refractivity contribution is 0.232. The van der Waals surface area contributed by atoms with Gasteiger partial charge in [0.05, 0.1) is 37.0 Å². The molecular formula is C96H95N9O6. The van der Waals surface area contributed by atoms with Crippen molar-refractivity contribution < 1.29 is 29.5 Å². The second kappa shape index (κ2) is 38.4. The Hall–Kier alpha value is -12.8. The number of aromatic nitrogens is 9. The van der Waals surface area contributed by atoms with Gasteiger partial charge in [0.25, 0.3) is 0 Å². The predicted molar refractivity (Wildman–Crippen MR) is 447 cm³/mol. The smallest absolute Gasteiger partial charge is 0.167 e. The van der Waals surface area contributed by atoms with E-state index < -0.39 is 0 Å². The lowest BCUT2D eigenvalue weighted by Gasteiger charge is -2.16. The Morgan fingerprint density at radius 1 is 0.288 bits per heavy atom. The molecule has 3 heterocycles. The molecule has 0 fully saturated rings. The quantitative estimate of drug-likeness (QED) is 0.0410. The van der Waals surface area contributed by atoms with Crippen molar-refractivity contribution in [3.8, 4) is 159 Å². The Labute approximate surface area is 652 Å². The van der Waals surface area contributed by atoms with E-state index in [2.05, 4.69) is 148 Å². The average Bonchev–Trinajstić information content (AvgIpc) is 0.797. The van der Waals surface area contributed by atoms with Crippen molar-refractivity contribution in [2.75, 3.05) is 20.3 Å². The van der Waals surface area contributed by atoms with Crippen LogP contribution in [0.25, 0.3) is 125 Å². The minimum Gasteiger partial charge on any atom is -0.507 e. The average molecular weight is 1470 g/mol. The van der Waals surface area contributed by atoms with Crippen LogP contribution in [0.1, 0.15) is 107 Å². The van der Waals surface area contributed by atoms with Gasteiger partial charge in [-0.2, -0.15) is 0 Å². The third-order valence-electron chi connectivity index (χ3n) is 19.4. The van der Waals surface area contributed by atoms with E-state index in [1.165, 1.54) is 49.7 Å². The van der Waals surface area contributed by atoms with Crippen LogP contribution in [0.15, 0.2) is 261 Å². The summed E-state index contributed by atoms with van der Waals surface area (Å²) in [6.07, 6.45) is 11.8. The molecule has 1 atom stereocenters. The topological polar surface area (TPSA) is 204 Å². The van der Waals surface area contributed by atoms with Crippen molar-refractivity contribution >= 4 is 0 Å². The molecule has 11 aromatic carbocycles. The fraction of sp³-hybridized carbons (Fsp3) is 0.219. The molecule has 15 heteroatoms. The first-order valence-electron chi connectivity index (χ1n) is 38.4. The summed E-state index contributed by atoms with van der Waals surface area (Å²) in [5.41, 5.74) is 16.1. The van der Waals surface area contributed by atoms with E-state index in [4.69, 9.17) is 44.1 Å². The molecule has 0 saturated carbocycles. The lowest BCUT2D eigenvalue weighted by atomic mass is 10.0. The number of unbranched alkanes of at least 4 members (excludes halogenated alkanes) is 6. The Morgan fingerprint density at radius 3 is 0.973 bits per heavy atom. The molecular weight excluding hydrogens is 1380 g/mol. The number of ether oxygens (including phenoxy) is 3. The number of methoxy groups -OCH3 is 1. The van der Waals surface area contributed by atoms with Crippen LogP contribution < -0.4 is 14.2 Å². The number of phenolic OH excluding ortho intramolecular Hbond substituents is 3. The van der Waals surface area contributed by atoms with Gasteiger partial charge in [0.15, 0.2) is 52.4 Å². The molecule has 3 aromatic heterocycles. The molecule has 15 nitrogen and oxygen atoms in total. The Kier molecular flexibility index (Phi) is 26.9. The summed E-state index contributed by atoms with van der Waals surface area (Å²) in [5.74, 6) is 7.16. The number of hydrogen-bond acceptors (Lipinski definition) is 15. The molecule has 0 bridgehead atoms. The van der Waals surface area contributed by atoms with Gasteiger partial charge in [0, 0.05) is 51.6 Å². The Balaban J connectivity index is 0.000000160. The van der Waals surface area contributed by atoms with Crippen LogP contribution in [0.2, 0.25) is 0 Å². The predicted octanol–water partition coefficient (Wildman–Crippen LogP) is 23.6. The number of aryl methyl sites for hydroxylation is 4. The van der Waals surface area contributed by atoms with E-state index in [0.29, 0.717) is 105 Å². The van der Waals surface area contributed by atoms with Gasteiger partial charge in [-0.25, -0.2) is 44.9 Å². The van der Waals surface area contributed by atoms with Crippen molar-refractivity contribution in [3.63, 3.8) is 0 Å². The molecule has 1 unspecified atom stereocenters. The van der Waals surface area contributed by atoms with E-state index in [9.17, 15) is 15.3 Å². The van der Waals surface area contributed by atoms with Crippen molar-refractivity contribution in [1.29, 1.82) is 0 Å². The fourth-order valence-corrected chi connectivity index (χ4v) is 13.0. The molecule has 14 aromatic rings. The molecule has 0 aliphatic heterocycles. The largest absolute Gasteiger partial charge is 0.507 e. The van der Waals surface area contributed by atoms with Crippen LogP contribution in [0.3, 0.4) is 0 Å². The van der Waals surface area contributed by atoms with Gasteiger partial charge in [-0.3, -0.25) is 0 Å². The Bertz CT molecular complexity index is 5140. The van der Waals surface area contributed by atoms with Crippen molar-refractivity contribution in [3.05, 3.63) is 283 Å². The maximum absolute atomic E-state index is 11.2. The van der Waals surface area contributed by atoms with Crippen LogP contribution in [-0.4, -0.2) is 80.5 Å². The standard InChI is InChI=1S/C41H39N3O2.C33H39N3O2.C22H17N3O2/c1-3-5-12-29(4-2)28-46-36-25-26-37(38(45)27-36)41-43-39(34-21-17-32(18-22-34)30-13-8-6-9-14-30)42-40(44-41)35-23-19-33(20-24-35)31-15-10-7-11-16-31;1-6-7-8-9-10-11-18-38-26-14-17-29(30(37)21-26)33-35-31(27-15-12-22(2)19-24(27)4)34-32(36-33)28-16-13-23(3)20-25(28)5;1-27-17-12-13-18(19(26)14-17)22-24-20(15-8-4-2-5-9-15)23-21(25-22)16-10-6-3-7-11-16/h6-11,13-27,29,45H,3-5,12,28H2,1-2H3;12-17,19-21,37H,6-11,18H2,1-5H3;2-14,26H,1H3. The molecule has 0 aliphatic carbocycles. The number of nitrogens with zero attached hydrogens (tertiary/aromatic N) is 9. The molecule has 0 saturated heterocycles. The van der Waals surface area contributed by atoms with Crippen LogP contribution >= 0.6 is 0 Å². The highest BCUT2D eigenvalue weighted by atomic mass is 16.5. The van der Waals surface area contributed by atoms with E-state index in [-0.39, 0.29) is 17.2 Å². The third-order valence-corrected chi connectivity index (χ3v) is 19.4. The fourth-order valence-electron chi connectivity index (χ4n) is 13.0. The normalized spacial score (nSPS) is 11.2. The molecule has 14 rings (SSSR count). The number of rotatable bonds is 27.